The third kappa shape index (κ3) is 5.90. The minimum atomic E-state index is 0.378. The molecule has 1 aliphatic rings. The van der Waals surface area contributed by atoms with E-state index >= 15 is 0 Å². The standard InChI is InChI=1S/C12H23NO2/c1-11(2)5-8-15-9-7-13-6-3-4-12(14)10-13/h11H,3-10H2,1-2H3. The number of ether oxygens (including phenoxy) is 1. The van der Waals surface area contributed by atoms with Crippen LogP contribution in [0.1, 0.15) is 33.1 Å². The molecule has 1 heterocycles. The van der Waals surface area contributed by atoms with Gasteiger partial charge in [-0.2, -0.15) is 0 Å². The number of carbonyl (C=O) groups excluding carboxylic acids is 1. The van der Waals surface area contributed by atoms with Gasteiger partial charge < -0.3 is 4.74 Å². The zero-order chi connectivity index (χ0) is 11.1. The molecule has 0 amide bonds. The molecular formula is C12H23NO2. The summed E-state index contributed by atoms with van der Waals surface area (Å²) in [6.45, 7) is 8.61. The van der Waals surface area contributed by atoms with Crippen LogP contribution in [0.15, 0.2) is 0 Å². The summed E-state index contributed by atoms with van der Waals surface area (Å²) in [7, 11) is 0. The van der Waals surface area contributed by atoms with Gasteiger partial charge in [-0.1, -0.05) is 13.8 Å². The van der Waals surface area contributed by atoms with Gasteiger partial charge in [0.05, 0.1) is 13.2 Å². The number of carbonyl (C=O) groups is 1. The number of rotatable bonds is 6. The van der Waals surface area contributed by atoms with Crippen LogP contribution in [0.3, 0.4) is 0 Å². The van der Waals surface area contributed by atoms with Crippen LogP contribution in [0.5, 0.6) is 0 Å². The van der Waals surface area contributed by atoms with Crippen molar-refractivity contribution in [3.8, 4) is 0 Å². The summed E-state index contributed by atoms with van der Waals surface area (Å²) in [5.74, 6) is 1.09. The number of ketones is 1. The molecule has 1 fully saturated rings. The zero-order valence-electron chi connectivity index (χ0n) is 10.00. The SMILES string of the molecule is CC(C)CCOCCN1CCCC(=O)C1. The Hall–Kier alpha value is -0.410. The Labute approximate surface area is 92.8 Å². The van der Waals surface area contributed by atoms with Crippen LogP contribution in [-0.4, -0.2) is 43.5 Å². The molecule has 0 saturated carbocycles. The third-order valence-corrected chi connectivity index (χ3v) is 2.72. The molecule has 88 valence electrons. The smallest absolute Gasteiger partial charge is 0.146 e. The molecule has 0 radical (unpaired) electrons. The van der Waals surface area contributed by atoms with Crippen molar-refractivity contribution in [1.82, 2.24) is 4.90 Å². The van der Waals surface area contributed by atoms with Crippen molar-refractivity contribution in [2.24, 2.45) is 5.92 Å². The fourth-order valence-electron chi connectivity index (χ4n) is 1.71. The van der Waals surface area contributed by atoms with E-state index in [1.807, 2.05) is 0 Å². The summed E-state index contributed by atoms with van der Waals surface area (Å²) in [5, 5.41) is 0. The highest BCUT2D eigenvalue weighted by molar-refractivity contribution is 5.81. The highest BCUT2D eigenvalue weighted by Gasteiger charge is 2.15. The van der Waals surface area contributed by atoms with E-state index in [0.717, 1.165) is 45.6 Å². The number of hydrogen-bond acceptors (Lipinski definition) is 3. The van der Waals surface area contributed by atoms with E-state index in [-0.39, 0.29) is 0 Å². The van der Waals surface area contributed by atoms with E-state index in [0.29, 0.717) is 18.2 Å². The van der Waals surface area contributed by atoms with Crippen LogP contribution < -0.4 is 0 Å². The molecule has 0 N–H and O–H groups in total. The molecular weight excluding hydrogens is 190 g/mol. The second-order valence-corrected chi connectivity index (χ2v) is 4.71. The summed E-state index contributed by atoms with van der Waals surface area (Å²) < 4.78 is 5.53. The van der Waals surface area contributed by atoms with Crippen LogP contribution in [0.2, 0.25) is 0 Å². The molecule has 0 unspecified atom stereocenters. The number of Topliss-reactive ketones (excluding diaryl/α,β-unsaturated/α-hetero) is 1. The molecule has 0 aromatic heterocycles. The summed E-state index contributed by atoms with van der Waals surface area (Å²) in [6.07, 6.45) is 2.91. The van der Waals surface area contributed by atoms with E-state index in [1.165, 1.54) is 0 Å². The van der Waals surface area contributed by atoms with E-state index < -0.39 is 0 Å². The van der Waals surface area contributed by atoms with Gasteiger partial charge in [0.25, 0.3) is 0 Å². The van der Waals surface area contributed by atoms with Crippen molar-refractivity contribution >= 4 is 5.78 Å². The number of likely N-dealkylation sites (tertiary alicyclic amines) is 1. The van der Waals surface area contributed by atoms with Crippen molar-refractivity contribution < 1.29 is 9.53 Å². The maximum absolute atomic E-state index is 11.2. The topological polar surface area (TPSA) is 29.5 Å². The summed E-state index contributed by atoms with van der Waals surface area (Å²) in [5.41, 5.74) is 0. The molecule has 0 aromatic rings. The van der Waals surface area contributed by atoms with Crippen LogP contribution in [0.4, 0.5) is 0 Å². The van der Waals surface area contributed by atoms with Crippen LogP contribution >= 0.6 is 0 Å². The first-order valence-electron chi connectivity index (χ1n) is 6.00. The average Bonchev–Trinajstić information content (AvgIpc) is 2.17. The Morgan fingerprint density at radius 1 is 1.40 bits per heavy atom. The number of nitrogens with zero attached hydrogens (tertiary/aromatic N) is 1. The highest BCUT2D eigenvalue weighted by Crippen LogP contribution is 2.05. The molecule has 0 spiro atoms. The van der Waals surface area contributed by atoms with Crippen molar-refractivity contribution in [2.75, 3.05) is 32.8 Å². The molecule has 1 aliphatic heterocycles. The lowest BCUT2D eigenvalue weighted by atomic mass is 10.1. The van der Waals surface area contributed by atoms with Crippen LogP contribution in [-0.2, 0) is 9.53 Å². The molecule has 0 atom stereocenters. The fourth-order valence-corrected chi connectivity index (χ4v) is 1.71. The summed E-state index contributed by atoms with van der Waals surface area (Å²) in [4.78, 5) is 13.4. The lowest BCUT2D eigenvalue weighted by Crippen LogP contribution is -2.37. The first-order chi connectivity index (χ1) is 7.18. The van der Waals surface area contributed by atoms with Gasteiger partial charge in [0.1, 0.15) is 5.78 Å². The Bertz CT molecular complexity index is 192. The Kier molecular flexibility index (Phi) is 5.88. The van der Waals surface area contributed by atoms with Crippen LogP contribution in [0, 0.1) is 5.92 Å². The highest BCUT2D eigenvalue weighted by atomic mass is 16.5. The predicted molar refractivity (Wildman–Crippen MR) is 61.0 cm³/mol. The van der Waals surface area contributed by atoms with Crippen molar-refractivity contribution in [3.63, 3.8) is 0 Å². The first-order valence-corrected chi connectivity index (χ1v) is 6.00. The molecule has 3 nitrogen and oxygen atoms in total. The van der Waals surface area contributed by atoms with E-state index in [1.54, 1.807) is 0 Å². The number of piperidine rings is 1. The van der Waals surface area contributed by atoms with Gasteiger partial charge in [-0.15, -0.1) is 0 Å². The lowest BCUT2D eigenvalue weighted by molar-refractivity contribution is -0.122. The maximum Gasteiger partial charge on any atom is 0.146 e. The second kappa shape index (κ2) is 6.96. The minimum absolute atomic E-state index is 0.378. The Balaban J connectivity index is 1.97. The number of hydrogen-bond donors (Lipinski definition) is 0. The van der Waals surface area contributed by atoms with Gasteiger partial charge in [-0.05, 0) is 25.3 Å². The fraction of sp³-hybridized carbons (Fsp3) is 0.917. The Morgan fingerprint density at radius 2 is 2.20 bits per heavy atom. The first kappa shape index (κ1) is 12.7. The van der Waals surface area contributed by atoms with Crippen molar-refractivity contribution in [1.29, 1.82) is 0 Å². The van der Waals surface area contributed by atoms with Gasteiger partial charge >= 0.3 is 0 Å². The van der Waals surface area contributed by atoms with Crippen molar-refractivity contribution in [3.05, 3.63) is 0 Å². The maximum atomic E-state index is 11.2. The molecule has 0 aliphatic carbocycles. The predicted octanol–water partition coefficient (Wildman–Crippen LogP) is 1.71. The molecule has 0 aromatic carbocycles. The summed E-state index contributed by atoms with van der Waals surface area (Å²) >= 11 is 0. The quantitative estimate of drug-likeness (QED) is 0.629. The lowest BCUT2D eigenvalue weighted by Gasteiger charge is -2.25. The Morgan fingerprint density at radius 3 is 2.87 bits per heavy atom. The molecule has 3 heteroatoms. The monoisotopic (exact) mass is 213 g/mol. The summed E-state index contributed by atoms with van der Waals surface area (Å²) in [6, 6.07) is 0. The second-order valence-electron chi connectivity index (χ2n) is 4.71. The van der Waals surface area contributed by atoms with Crippen LogP contribution in [0.25, 0.3) is 0 Å². The van der Waals surface area contributed by atoms with Gasteiger partial charge in [-0.25, -0.2) is 0 Å². The third-order valence-electron chi connectivity index (χ3n) is 2.72. The molecule has 15 heavy (non-hydrogen) atoms. The normalized spacial score (nSPS) is 18.7. The minimum Gasteiger partial charge on any atom is -0.380 e. The molecule has 1 rings (SSSR count). The molecule has 0 bridgehead atoms. The molecule has 1 saturated heterocycles. The van der Waals surface area contributed by atoms with Gasteiger partial charge in [0.2, 0.25) is 0 Å². The van der Waals surface area contributed by atoms with E-state index in [9.17, 15) is 4.79 Å². The average molecular weight is 213 g/mol. The van der Waals surface area contributed by atoms with Crippen molar-refractivity contribution in [2.45, 2.75) is 33.1 Å². The largest absolute Gasteiger partial charge is 0.380 e. The van der Waals surface area contributed by atoms with Gasteiger partial charge in [-0.3, -0.25) is 9.69 Å². The van der Waals surface area contributed by atoms with Gasteiger partial charge in [0.15, 0.2) is 0 Å². The zero-order valence-corrected chi connectivity index (χ0v) is 10.00. The van der Waals surface area contributed by atoms with Gasteiger partial charge in [0, 0.05) is 19.6 Å². The van der Waals surface area contributed by atoms with E-state index in [2.05, 4.69) is 18.7 Å². The van der Waals surface area contributed by atoms with E-state index in [4.69, 9.17) is 4.74 Å².